The van der Waals surface area contributed by atoms with Crippen LogP contribution in [0.2, 0.25) is 0 Å². The Kier molecular flexibility index (Phi) is 1.09. The topological polar surface area (TPSA) is 35.9 Å². The van der Waals surface area contributed by atoms with Gasteiger partial charge in [0.1, 0.15) is 0 Å². The molecule has 0 saturated carbocycles. The van der Waals surface area contributed by atoms with Gasteiger partial charge in [-0.05, 0) is 25.7 Å². The second-order valence-corrected chi connectivity index (χ2v) is 3.06. The molecule has 50 valence electrons. The number of rotatable bonds is 0. The first-order valence-electron chi connectivity index (χ1n) is 3.69. The Bertz CT molecular complexity index is 142. The molecule has 2 aliphatic heterocycles. The van der Waals surface area contributed by atoms with Crippen LogP contribution in [0.4, 0.5) is 0 Å². The molecule has 2 aliphatic rings. The molecule has 2 heterocycles. The fraction of sp³-hybridized carbons (Fsp3) is 0.857. The van der Waals surface area contributed by atoms with Gasteiger partial charge in [-0.2, -0.15) is 0 Å². The predicted octanol–water partition coefficient (Wildman–Crippen LogP) is 0.921. The molecule has 2 nitrogen and oxygen atoms in total. The molecule has 0 aliphatic carbocycles. The van der Waals surface area contributed by atoms with E-state index in [-0.39, 0.29) is 0 Å². The van der Waals surface area contributed by atoms with Crippen molar-refractivity contribution in [1.82, 2.24) is 5.32 Å². The summed E-state index contributed by atoms with van der Waals surface area (Å²) in [7, 11) is 0. The molecule has 9 heavy (non-hydrogen) atoms. The Morgan fingerprint density at radius 2 is 2.22 bits per heavy atom. The van der Waals surface area contributed by atoms with Crippen molar-refractivity contribution in [2.45, 2.75) is 37.8 Å². The van der Waals surface area contributed by atoms with Gasteiger partial charge in [-0.15, -0.1) is 0 Å². The molecule has 2 saturated heterocycles. The van der Waals surface area contributed by atoms with Crippen molar-refractivity contribution >= 4 is 5.71 Å². The summed E-state index contributed by atoms with van der Waals surface area (Å²) in [6.07, 6.45) is 4.76. The summed E-state index contributed by atoms with van der Waals surface area (Å²) in [4.78, 5) is 0. The summed E-state index contributed by atoms with van der Waals surface area (Å²) in [5.74, 6) is 0. The zero-order valence-electron chi connectivity index (χ0n) is 5.48. The molecule has 2 N–H and O–H groups in total. The summed E-state index contributed by atoms with van der Waals surface area (Å²) < 4.78 is 0. The van der Waals surface area contributed by atoms with E-state index in [0.717, 1.165) is 18.2 Å². The Balaban J connectivity index is 2.14. The standard InChI is InChI=1S/C7H12N2/c8-6-3-1-5-2-4-7(6)9-5/h5,7-9H,1-4H2. The van der Waals surface area contributed by atoms with E-state index < -0.39 is 0 Å². The minimum Gasteiger partial charge on any atom is -0.308 e. The highest BCUT2D eigenvalue weighted by molar-refractivity contribution is 5.88. The van der Waals surface area contributed by atoms with Gasteiger partial charge in [-0.3, -0.25) is 0 Å². The molecule has 0 aromatic heterocycles. The number of hydrogen-bond acceptors (Lipinski definition) is 2. The molecule has 2 bridgehead atoms. The van der Waals surface area contributed by atoms with Crippen LogP contribution in [0.3, 0.4) is 0 Å². The maximum absolute atomic E-state index is 7.51. The van der Waals surface area contributed by atoms with Crippen LogP contribution in [0.1, 0.15) is 25.7 Å². The van der Waals surface area contributed by atoms with Crippen LogP contribution in [0.15, 0.2) is 0 Å². The average molecular weight is 124 g/mol. The summed E-state index contributed by atoms with van der Waals surface area (Å²) in [6, 6.07) is 1.22. The fourth-order valence-electron chi connectivity index (χ4n) is 1.83. The summed E-state index contributed by atoms with van der Waals surface area (Å²) >= 11 is 0. The number of fused-ring (bicyclic) bond motifs is 2. The van der Waals surface area contributed by atoms with Crippen LogP contribution >= 0.6 is 0 Å². The summed E-state index contributed by atoms with van der Waals surface area (Å²) in [5.41, 5.74) is 0.934. The predicted molar refractivity (Wildman–Crippen MR) is 36.9 cm³/mol. The highest BCUT2D eigenvalue weighted by atomic mass is 15.0. The van der Waals surface area contributed by atoms with E-state index in [9.17, 15) is 0 Å². The molecule has 0 radical (unpaired) electrons. The number of hydrogen-bond donors (Lipinski definition) is 2. The van der Waals surface area contributed by atoms with Gasteiger partial charge in [-0.1, -0.05) is 0 Å². The first kappa shape index (κ1) is 5.42. The Hall–Kier alpha value is -0.370. The largest absolute Gasteiger partial charge is 0.308 e. The maximum Gasteiger partial charge on any atom is 0.0450 e. The first-order chi connectivity index (χ1) is 4.36. The maximum atomic E-state index is 7.51. The zero-order chi connectivity index (χ0) is 6.27. The van der Waals surface area contributed by atoms with Crippen molar-refractivity contribution < 1.29 is 0 Å². The van der Waals surface area contributed by atoms with Gasteiger partial charge in [0.25, 0.3) is 0 Å². The number of piperidine rings is 1. The second kappa shape index (κ2) is 1.81. The third kappa shape index (κ3) is 0.778. The van der Waals surface area contributed by atoms with E-state index in [0.29, 0.717) is 6.04 Å². The van der Waals surface area contributed by atoms with E-state index in [4.69, 9.17) is 5.41 Å². The van der Waals surface area contributed by atoms with Crippen LogP contribution in [-0.2, 0) is 0 Å². The van der Waals surface area contributed by atoms with Gasteiger partial charge in [0.15, 0.2) is 0 Å². The van der Waals surface area contributed by atoms with Crippen molar-refractivity contribution in [1.29, 1.82) is 5.41 Å². The minimum atomic E-state index is 0.462. The smallest absolute Gasteiger partial charge is 0.0450 e. The van der Waals surface area contributed by atoms with Crippen LogP contribution in [-0.4, -0.2) is 17.8 Å². The zero-order valence-corrected chi connectivity index (χ0v) is 5.48. The Morgan fingerprint density at radius 1 is 1.33 bits per heavy atom. The quantitative estimate of drug-likeness (QED) is 0.495. The van der Waals surface area contributed by atoms with Crippen LogP contribution in [0, 0.1) is 5.41 Å². The molecule has 2 heteroatoms. The van der Waals surface area contributed by atoms with E-state index in [1.54, 1.807) is 0 Å². The average Bonchev–Trinajstić information content (AvgIpc) is 2.25. The minimum absolute atomic E-state index is 0.462. The summed E-state index contributed by atoms with van der Waals surface area (Å²) in [5, 5.41) is 10.9. The van der Waals surface area contributed by atoms with Gasteiger partial charge in [-0.25, -0.2) is 0 Å². The lowest BCUT2D eigenvalue weighted by Gasteiger charge is -2.21. The fourth-order valence-corrected chi connectivity index (χ4v) is 1.83. The van der Waals surface area contributed by atoms with Crippen molar-refractivity contribution in [3.63, 3.8) is 0 Å². The van der Waals surface area contributed by atoms with Gasteiger partial charge >= 0.3 is 0 Å². The molecule has 2 unspecified atom stereocenters. The summed E-state index contributed by atoms with van der Waals surface area (Å²) in [6.45, 7) is 0. The van der Waals surface area contributed by atoms with E-state index in [1.165, 1.54) is 19.3 Å². The Labute approximate surface area is 55.2 Å². The lowest BCUT2D eigenvalue weighted by molar-refractivity contribution is 0.524. The normalized spacial score (nSPS) is 41.6. The molecular weight excluding hydrogens is 112 g/mol. The van der Waals surface area contributed by atoms with E-state index in [1.807, 2.05) is 0 Å². The van der Waals surface area contributed by atoms with Crippen molar-refractivity contribution in [3.8, 4) is 0 Å². The molecule has 0 amide bonds. The van der Waals surface area contributed by atoms with E-state index >= 15 is 0 Å². The van der Waals surface area contributed by atoms with Crippen molar-refractivity contribution in [3.05, 3.63) is 0 Å². The third-order valence-corrected chi connectivity index (χ3v) is 2.42. The van der Waals surface area contributed by atoms with Gasteiger partial charge < -0.3 is 10.7 Å². The van der Waals surface area contributed by atoms with Crippen molar-refractivity contribution in [2.24, 2.45) is 0 Å². The number of nitrogens with one attached hydrogen (secondary N) is 2. The van der Waals surface area contributed by atoms with Crippen molar-refractivity contribution in [2.75, 3.05) is 0 Å². The lowest BCUT2D eigenvalue weighted by atomic mass is 10.0. The molecule has 0 aromatic carbocycles. The molecule has 0 aromatic rings. The third-order valence-electron chi connectivity index (χ3n) is 2.42. The van der Waals surface area contributed by atoms with Gasteiger partial charge in [0.05, 0.1) is 0 Å². The van der Waals surface area contributed by atoms with Gasteiger partial charge in [0.2, 0.25) is 0 Å². The monoisotopic (exact) mass is 124 g/mol. The van der Waals surface area contributed by atoms with Crippen LogP contribution in [0.5, 0.6) is 0 Å². The van der Waals surface area contributed by atoms with Crippen LogP contribution in [0.25, 0.3) is 0 Å². The molecule has 2 atom stereocenters. The first-order valence-corrected chi connectivity index (χ1v) is 3.69. The molecule has 2 rings (SSSR count). The lowest BCUT2D eigenvalue weighted by Crippen LogP contribution is -2.40. The molecular formula is C7H12N2. The molecule has 2 fully saturated rings. The Morgan fingerprint density at radius 3 is 3.00 bits per heavy atom. The van der Waals surface area contributed by atoms with E-state index in [2.05, 4.69) is 5.32 Å². The second-order valence-electron chi connectivity index (χ2n) is 3.06. The van der Waals surface area contributed by atoms with Gasteiger partial charge in [0, 0.05) is 17.8 Å². The highest BCUT2D eigenvalue weighted by Crippen LogP contribution is 2.23. The SMILES string of the molecule is N=C1CCC2CCC1N2. The highest BCUT2D eigenvalue weighted by Gasteiger charge is 2.30. The van der Waals surface area contributed by atoms with Crippen LogP contribution < -0.4 is 5.32 Å². The molecule has 0 spiro atoms.